The van der Waals surface area contributed by atoms with E-state index in [0.717, 1.165) is 57.8 Å². The highest BCUT2D eigenvalue weighted by atomic mass is 16.6. The van der Waals surface area contributed by atoms with E-state index in [9.17, 15) is 15.0 Å². The third kappa shape index (κ3) is 2.30. The highest BCUT2D eigenvalue weighted by Gasteiger charge is 2.82. The minimum Gasteiger partial charge on any atom is -0.458 e. The first-order valence-corrected chi connectivity index (χ1v) is 14.4. The lowest BCUT2D eigenvalue weighted by Crippen LogP contribution is -2.72. The second-order valence-electron chi connectivity index (χ2n) is 15.0. The first-order chi connectivity index (χ1) is 15.9. The van der Waals surface area contributed by atoms with E-state index >= 15 is 0 Å². The predicted molar refractivity (Wildman–Crippen MR) is 132 cm³/mol. The van der Waals surface area contributed by atoms with Crippen molar-refractivity contribution in [3.8, 4) is 0 Å². The maximum Gasteiger partial charge on any atom is 0.313 e. The van der Waals surface area contributed by atoms with Gasteiger partial charge in [0.15, 0.2) is 0 Å². The molecule has 2 bridgehead atoms. The van der Waals surface area contributed by atoms with Crippen LogP contribution in [0.3, 0.4) is 0 Å². The monoisotopic (exact) mass is 472 g/mol. The fourth-order valence-electron chi connectivity index (χ4n) is 12.2. The predicted octanol–water partition coefficient (Wildman–Crippen LogP) is 5.74. The zero-order valence-electron chi connectivity index (χ0n) is 22.5. The van der Waals surface area contributed by atoms with Crippen molar-refractivity contribution in [2.45, 2.75) is 117 Å². The molecule has 1 spiro atoms. The summed E-state index contributed by atoms with van der Waals surface area (Å²) in [5.41, 5.74) is -0.741. The molecule has 192 valence electrons. The number of ether oxygens (including phenoxy) is 1. The van der Waals surface area contributed by atoms with Gasteiger partial charge in [-0.25, -0.2) is 0 Å². The third-order valence-corrected chi connectivity index (χ3v) is 14.2. The molecule has 1 heterocycles. The summed E-state index contributed by atoms with van der Waals surface area (Å²) in [6.07, 6.45) is 10.0. The fraction of sp³-hybridized carbons (Fsp3) is 0.967. The smallest absolute Gasteiger partial charge is 0.313 e. The number of aliphatic hydroxyl groups excluding tert-OH is 2. The normalized spacial score (nSPS) is 60.3. The third-order valence-electron chi connectivity index (χ3n) is 14.2. The molecule has 5 aliphatic carbocycles. The summed E-state index contributed by atoms with van der Waals surface area (Å²) < 4.78 is 6.76. The number of carbonyl (C=O) groups excluding carboxylic acids is 1. The zero-order chi connectivity index (χ0) is 24.5. The van der Waals surface area contributed by atoms with E-state index in [1.54, 1.807) is 0 Å². The maximum atomic E-state index is 13.7. The molecule has 2 N–H and O–H groups in total. The summed E-state index contributed by atoms with van der Waals surface area (Å²) in [6, 6.07) is 0. The van der Waals surface area contributed by atoms with Crippen molar-refractivity contribution in [2.75, 3.05) is 6.61 Å². The molecule has 0 aromatic carbocycles. The summed E-state index contributed by atoms with van der Waals surface area (Å²) in [5, 5.41) is 21.4. The number of aliphatic hydroxyl groups is 2. The Balaban J connectivity index is 1.46. The second kappa shape index (κ2) is 6.82. The van der Waals surface area contributed by atoms with Gasteiger partial charge in [0.05, 0.1) is 18.1 Å². The standard InChI is InChI=1S/C30H48O4/c1-18(2)19-7-13-29-16-15-28(6)27(5)12-8-20-25(3,11-10-22(32)26(20,4)17-31)21(27)9-14-30(28,23(19)29)34-24(29)33/h18-23,31-32H,7-17H2,1-6H3/t19-,20-,21+,22-,23-,25-,26-,27+,28-,29-,30-/m0/s1. The largest absolute Gasteiger partial charge is 0.458 e. The molecule has 1 aliphatic heterocycles. The van der Waals surface area contributed by atoms with Crippen molar-refractivity contribution in [3.05, 3.63) is 0 Å². The van der Waals surface area contributed by atoms with Gasteiger partial charge in [-0.3, -0.25) is 4.79 Å². The lowest BCUT2D eigenvalue weighted by molar-refractivity contribution is -0.287. The Bertz CT molecular complexity index is 900. The van der Waals surface area contributed by atoms with Crippen LogP contribution < -0.4 is 0 Å². The Morgan fingerprint density at radius 1 is 0.912 bits per heavy atom. The van der Waals surface area contributed by atoms with Crippen LogP contribution in [0.25, 0.3) is 0 Å². The van der Waals surface area contributed by atoms with Crippen LogP contribution in [0.4, 0.5) is 0 Å². The van der Waals surface area contributed by atoms with Gasteiger partial charge in [0.2, 0.25) is 0 Å². The Labute approximate surface area is 206 Å². The number of fused-ring (bicyclic) bond motifs is 4. The number of rotatable bonds is 2. The number of carbonyl (C=O) groups is 1. The first kappa shape index (κ1) is 23.8. The van der Waals surface area contributed by atoms with Crippen LogP contribution in [0.2, 0.25) is 0 Å². The lowest BCUT2D eigenvalue weighted by atomic mass is 9.31. The van der Waals surface area contributed by atoms with Gasteiger partial charge in [0, 0.05) is 16.7 Å². The zero-order valence-corrected chi connectivity index (χ0v) is 22.5. The lowest BCUT2D eigenvalue weighted by Gasteiger charge is -2.73. The van der Waals surface area contributed by atoms with Crippen LogP contribution in [0.5, 0.6) is 0 Å². The second-order valence-corrected chi connectivity index (χ2v) is 15.0. The van der Waals surface area contributed by atoms with Crippen molar-refractivity contribution in [1.29, 1.82) is 0 Å². The molecule has 0 unspecified atom stereocenters. The average molecular weight is 473 g/mol. The SMILES string of the molecule is CC(C)[C@@H]1CC[C@@]23CC[C@]4(C)[C@@](CC[C@@H]5[C@@]6(C)CC[C@H](O)[C@@](C)(CO)[C@H]6CC[C@]54C)(OC2=O)[C@@H]13. The van der Waals surface area contributed by atoms with Crippen LogP contribution >= 0.6 is 0 Å². The van der Waals surface area contributed by atoms with Crippen LogP contribution in [0.15, 0.2) is 0 Å². The van der Waals surface area contributed by atoms with E-state index in [1.165, 1.54) is 6.42 Å². The van der Waals surface area contributed by atoms with Gasteiger partial charge < -0.3 is 14.9 Å². The van der Waals surface area contributed by atoms with E-state index in [1.807, 2.05) is 0 Å². The molecule has 34 heavy (non-hydrogen) atoms. The molecule has 4 nitrogen and oxygen atoms in total. The topological polar surface area (TPSA) is 66.8 Å². The van der Waals surface area contributed by atoms with E-state index in [-0.39, 0.29) is 39.8 Å². The summed E-state index contributed by atoms with van der Waals surface area (Å²) in [7, 11) is 0. The molecular weight excluding hydrogens is 424 g/mol. The van der Waals surface area contributed by atoms with Gasteiger partial charge in [-0.15, -0.1) is 0 Å². The number of hydrogen-bond donors (Lipinski definition) is 2. The average Bonchev–Trinajstić information content (AvgIpc) is 3.27. The van der Waals surface area contributed by atoms with Crippen molar-refractivity contribution in [1.82, 2.24) is 0 Å². The van der Waals surface area contributed by atoms with Gasteiger partial charge in [0.25, 0.3) is 0 Å². The molecule has 11 atom stereocenters. The minimum absolute atomic E-state index is 0.0135. The molecule has 0 aromatic rings. The maximum absolute atomic E-state index is 13.7. The molecule has 6 fully saturated rings. The van der Waals surface area contributed by atoms with Crippen molar-refractivity contribution < 1.29 is 19.7 Å². The Kier molecular flexibility index (Phi) is 4.77. The van der Waals surface area contributed by atoms with Gasteiger partial charge in [-0.05, 0) is 98.7 Å². The van der Waals surface area contributed by atoms with Crippen LogP contribution in [0.1, 0.15) is 106 Å². The number of esters is 1. The van der Waals surface area contributed by atoms with E-state index < -0.39 is 11.5 Å². The summed E-state index contributed by atoms with van der Waals surface area (Å²) in [4.78, 5) is 13.7. The van der Waals surface area contributed by atoms with Gasteiger partial charge in [-0.1, -0.05) is 41.5 Å². The molecule has 1 saturated heterocycles. The Morgan fingerprint density at radius 3 is 2.29 bits per heavy atom. The molecule has 0 radical (unpaired) electrons. The van der Waals surface area contributed by atoms with Crippen LogP contribution in [-0.4, -0.2) is 34.5 Å². The van der Waals surface area contributed by atoms with Gasteiger partial charge in [0.1, 0.15) is 5.60 Å². The van der Waals surface area contributed by atoms with Crippen LogP contribution in [0, 0.1) is 56.7 Å². The molecular formula is C30H48O4. The summed E-state index contributed by atoms with van der Waals surface area (Å²) in [5.74, 6) is 2.57. The van der Waals surface area contributed by atoms with E-state index in [2.05, 4.69) is 41.5 Å². The minimum atomic E-state index is -0.417. The van der Waals surface area contributed by atoms with Gasteiger partial charge >= 0.3 is 5.97 Å². The highest BCUT2D eigenvalue weighted by Crippen LogP contribution is 2.81. The van der Waals surface area contributed by atoms with Crippen LogP contribution in [-0.2, 0) is 9.53 Å². The molecule has 5 saturated carbocycles. The summed E-state index contributed by atoms with van der Waals surface area (Å²) >= 11 is 0. The summed E-state index contributed by atoms with van der Waals surface area (Å²) in [6.45, 7) is 14.5. The van der Waals surface area contributed by atoms with Crippen molar-refractivity contribution >= 4 is 5.97 Å². The first-order valence-electron chi connectivity index (χ1n) is 14.4. The fourth-order valence-corrected chi connectivity index (χ4v) is 12.2. The molecule has 0 amide bonds. The molecule has 6 rings (SSSR count). The molecule has 4 heteroatoms. The van der Waals surface area contributed by atoms with Crippen molar-refractivity contribution in [3.63, 3.8) is 0 Å². The van der Waals surface area contributed by atoms with Crippen molar-refractivity contribution in [2.24, 2.45) is 56.7 Å². The Hall–Kier alpha value is -0.610. The Morgan fingerprint density at radius 2 is 1.62 bits per heavy atom. The van der Waals surface area contributed by atoms with E-state index in [4.69, 9.17) is 4.74 Å². The quantitative estimate of drug-likeness (QED) is 0.503. The highest BCUT2D eigenvalue weighted by molar-refractivity contribution is 5.82. The van der Waals surface area contributed by atoms with Gasteiger partial charge in [-0.2, -0.15) is 0 Å². The molecule has 6 aliphatic rings. The number of hydrogen-bond acceptors (Lipinski definition) is 4. The van der Waals surface area contributed by atoms with E-state index in [0.29, 0.717) is 29.6 Å². The molecule has 0 aromatic heterocycles.